The summed E-state index contributed by atoms with van der Waals surface area (Å²) in [6, 6.07) is 0. The number of hydrogen-bond donors (Lipinski definition) is 0. The second kappa shape index (κ2) is 66.1. The van der Waals surface area contributed by atoms with E-state index in [0.29, 0.717) is 19.3 Å². The first kappa shape index (κ1) is 74.5. The number of esters is 3. The summed E-state index contributed by atoms with van der Waals surface area (Å²) in [5.41, 5.74) is 0. The van der Waals surface area contributed by atoms with Crippen LogP contribution >= 0.6 is 0 Å². The molecular weight excluding hydrogens is 973 g/mol. The van der Waals surface area contributed by atoms with Gasteiger partial charge in [-0.25, -0.2) is 0 Å². The Kier molecular flexibility index (Phi) is 62.3. The van der Waals surface area contributed by atoms with E-state index in [1.165, 1.54) is 89.9 Å². The lowest BCUT2D eigenvalue weighted by Crippen LogP contribution is -2.30. The van der Waals surface area contributed by atoms with Gasteiger partial charge in [-0.3, -0.25) is 14.4 Å². The molecule has 0 aromatic rings. The Morgan fingerprint density at radius 1 is 0.266 bits per heavy atom. The van der Waals surface area contributed by atoms with E-state index in [1.807, 2.05) is 0 Å². The minimum atomic E-state index is -0.796. The van der Waals surface area contributed by atoms with E-state index in [-0.39, 0.29) is 31.1 Å². The largest absolute Gasteiger partial charge is 0.462 e. The maximum absolute atomic E-state index is 12.9. The summed E-state index contributed by atoms with van der Waals surface area (Å²) in [5.74, 6) is -0.921. The monoisotopic (exact) mass is 1090 g/mol. The van der Waals surface area contributed by atoms with Gasteiger partial charge in [0.1, 0.15) is 13.2 Å². The van der Waals surface area contributed by atoms with Gasteiger partial charge in [0.2, 0.25) is 0 Å². The molecule has 6 heteroatoms. The molecule has 448 valence electrons. The average molecular weight is 1090 g/mol. The van der Waals surface area contributed by atoms with Gasteiger partial charge in [-0.15, -0.1) is 0 Å². The molecule has 0 aliphatic heterocycles. The van der Waals surface area contributed by atoms with Crippen molar-refractivity contribution in [3.05, 3.63) is 134 Å². The zero-order valence-electron chi connectivity index (χ0n) is 51.3. The van der Waals surface area contributed by atoms with Crippen molar-refractivity contribution < 1.29 is 28.6 Å². The highest BCUT2D eigenvalue weighted by Gasteiger charge is 2.19. The van der Waals surface area contributed by atoms with E-state index in [1.54, 1.807) is 0 Å². The molecule has 0 aliphatic rings. The number of unbranched alkanes of at least 4 members (excludes halogenated alkanes) is 25. The first-order valence-electron chi connectivity index (χ1n) is 32.7. The first-order chi connectivity index (χ1) is 39.0. The van der Waals surface area contributed by atoms with E-state index < -0.39 is 6.10 Å². The zero-order valence-corrected chi connectivity index (χ0v) is 51.3. The summed E-state index contributed by atoms with van der Waals surface area (Å²) in [6.45, 7) is 6.41. The predicted octanol–water partition coefficient (Wildman–Crippen LogP) is 22.5. The van der Waals surface area contributed by atoms with Crippen molar-refractivity contribution in [2.75, 3.05) is 13.2 Å². The van der Waals surface area contributed by atoms with Gasteiger partial charge in [-0.05, 0) is 135 Å². The maximum Gasteiger partial charge on any atom is 0.306 e. The fourth-order valence-electron chi connectivity index (χ4n) is 8.73. The number of ether oxygens (including phenoxy) is 3. The third-order valence-corrected chi connectivity index (χ3v) is 13.6. The predicted molar refractivity (Wildman–Crippen MR) is 343 cm³/mol. The van der Waals surface area contributed by atoms with Crippen molar-refractivity contribution in [1.29, 1.82) is 0 Å². The molecule has 0 amide bonds. The average Bonchev–Trinajstić information content (AvgIpc) is 3.45. The van der Waals surface area contributed by atoms with Crippen molar-refractivity contribution in [3.63, 3.8) is 0 Å². The lowest BCUT2D eigenvalue weighted by Gasteiger charge is -2.18. The molecule has 0 aromatic carbocycles. The van der Waals surface area contributed by atoms with Crippen molar-refractivity contribution in [2.24, 2.45) is 0 Å². The SMILES string of the molecule is CC/C=C\C/C=C\C/C=C\C/C=C\C/C=C\C/C=C\C/C=C\CCCCCCCCCCCCCC(=O)OCC(COC(=O)CCCCCCC/C=C\C/C=C\CCC)OC(=O)CCCCCCC/C=C\C/C=C\CCCCC. The third kappa shape index (κ3) is 64.3. The minimum Gasteiger partial charge on any atom is -0.462 e. The Hall–Kier alpha value is -4.45. The van der Waals surface area contributed by atoms with Crippen LogP contribution in [0.25, 0.3) is 0 Å². The van der Waals surface area contributed by atoms with Crippen LogP contribution in [0.15, 0.2) is 134 Å². The normalized spacial score (nSPS) is 13.0. The molecule has 1 unspecified atom stereocenters. The highest BCUT2D eigenvalue weighted by Crippen LogP contribution is 2.15. The lowest BCUT2D eigenvalue weighted by molar-refractivity contribution is -0.167. The Bertz CT molecular complexity index is 1680. The number of carbonyl (C=O) groups is 3. The molecule has 1 atom stereocenters. The summed E-state index contributed by atoms with van der Waals surface area (Å²) < 4.78 is 16.9. The van der Waals surface area contributed by atoms with Gasteiger partial charge in [0.25, 0.3) is 0 Å². The molecule has 0 radical (unpaired) electrons. The summed E-state index contributed by atoms with van der Waals surface area (Å²) in [5, 5.41) is 0. The Labute approximate surface area is 487 Å². The topological polar surface area (TPSA) is 78.9 Å². The van der Waals surface area contributed by atoms with Gasteiger partial charge in [0, 0.05) is 19.3 Å². The summed E-state index contributed by atoms with van der Waals surface area (Å²) in [6.07, 6.45) is 93.2. The molecule has 0 spiro atoms. The van der Waals surface area contributed by atoms with Crippen LogP contribution in [-0.4, -0.2) is 37.2 Å². The number of allylic oxidation sites excluding steroid dienone is 22. The second-order valence-electron chi connectivity index (χ2n) is 21.3. The fraction of sp³-hybridized carbons (Fsp3) is 0.658. The van der Waals surface area contributed by atoms with Crippen LogP contribution in [0.1, 0.15) is 290 Å². The molecule has 0 saturated heterocycles. The second-order valence-corrected chi connectivity index (χ2v) is 21.3. The minimum absolute atomic E-state index is 0.0920. The number of carbonyl (C=O) groups excluding carboxylic acids is 3. The van der Waals surface area contributed by atoms with Crippen LogP contribution in [0, 0.1) is 0 Å². The van der Waals surface area contributed by atoms with Crippen molar-refractivity contribution >= 4 is 17.9 Å². The van der Waals surface area contributed by atoms with Crippen molar-refractivity contribution in [1.82, 2.24) is 0 Å². The molecule has 6 nitrogen and oxygen atoms in total. The van der Waals surface area contributed by atoms with Gasteiger partial charge in [0.05, 0.1) is 0 Å². The highest BCUT2D eigenvalue weighted by molar-refractivity contribution is 5.71. The lowest BCUT2D eigenvalue weighted by atomic mass is 10.0. The number of hydrogen-bond acceptors (Lipinski definition) is 6. The maximum atomic E-state index is 12.9. The van der Waals surface area contributed by atoms with E-state index >= 15 is 0 Å². The Morgan fingerprint density at radius 2 is 0.519 bits per heavy atom. The molecule has 0 rings (SSSR count). The Morgan fingerprint density at radius 3 is 0.823 bits per heavy atom. The van der Waals surface area contributed by atoms with Gasteiger partial charge in [-0.1, -0.05) is 270 Å². The van der Waals surface area contributed by atoms with Gasteiger partial charge < -0.3 is 14.2 Å². The molecule has 0 bridgehead atoms. The molecule has 0 heterocycles. The van der Waals surface area contributed by atoms with Crippen LogP contribution < -0.4 is 0 Å². The van der Waals surface area contributed by atoms with Crippen LogP contribution in [0.4, 0.5) is 0 Å². The zero-order chi connectivity index (χ0) is 57.1. The smallest absolute Gasteiger partial charge is 0.306 e. The van der Waals surface area contributed by atoms with E-state index in [0.717, 1.165) is 161 Å². The van der Waals surface area contributed by atoms with Crippen LogP contribution in [-0.2, 0) is 28.6 Å². The van der Waals surface area contributed by atoms with Gasteiger partial charge in [-0.2, -0.15) is 0 Å². The molecule has 0 saturated carbocycles. The van der Waals surface area contributed by atoms with Crippen molar-refractivity contribution in [2.45, 2.75) is 297 Å². The van der Waals surface area contributed by atoms with Crippen LogP contribution in [0.2, 0.25) is 0 Å². The van der Waals surface area contributed by atoms with E-state index in [2.05, 4.69) is 154 Å². The Balaban J connectivity index is 4.25. The first-order valence-corrected chi connectivity index (χ1v) is 32.7. The molecular formula is C73H120O6. The van der Waals surface area contributed by atoms with Gasteiger partial charge >= 0.3 is 17.9 Å². The van der Waals surface area contributed by atoms with Crippen LogP contribution in [0.5, 0.6) is 0 Å². The summed E-state index contributed by atoms with van der Waals surface area (Å²) in [7, 11) is 0. The third-order valence-electron chi connectivity index (χ3n) is 13.6. The highest BCUT2D eigenvalue weighted by atomic mass is 16.6. The molecule has 79 heavy (non-hydrogen) atoms. The van der Waals surface area contributed by atoms with Gasteiger partial charge in [0.15, 0.2) is 6.10 Å². The quantitative estimate of drug-likeness (QED) is 0.0261. The van der Waals surface area contributed by atoms with E-state index in [9.17, 15) is 14.4 Å². The van der Waals surface area contributed by atoms with Crippen molar-refractivity contribution in [3.8, 4) is 0 Å². The summed E-state index contributed by atoms with van der Waals surface area (Å²) in [4.78, 5) is 38.3. The summed E-state index contributed by atoms with van der Waals surface area (Å²) >= 11 is 0. The molecule has 0 aromatic heterocycles. The van der Waals surface area contributed by atoms with Crippen LogP contribution in [0.3, 0.4) is 0 Å². The number of rotatable bonds is 58. The molecule has 0 aliphatic carbocycles. The van der Waals surface area contributed by atoms with E-state index in [4.69, 9.17) is 14.2 Å². The fourth-order valence-corrected chi connectivity index (χ4v) is 8.73. The molecule has 0 N–H and O–H groups in total. The molecule has 0 fully saturated rings. The standard InChI is InChI=1S/C73H120O6/c1-4-7-10-13-16-19-22-25-27-28-29-30-31-32-33-34-35-36-37-38-39-40-41-42-43-44-46-48-51-54-57-60-63-66-72(75)78-69-70(68-77-71(74)65-62-59-56-53-50-47-24-21-18-15-12-9-6-3)79-73(76)67-64-61-58-55-52-49-45-26-23-20-17-14-11-8-5-2/h7,10,12,15-17,19-21,24-27,29-30,32-33,35-36,38-39,45,70H,4-6,8-9,11,13-14,18,22-23,28,31,34,37,40-44,46-69H2,1-3H3/b10-7-,15-12-,19-16-,20-17-,24-21-,27-25-,30-29-,33-32-,36-35-,39-38-,45-26-.